The Morgan fingerprint density at radius 1 is 1.46 bits per heavy atom. The number of aliphatic imine (C=N–C) groups is 1. The fourth-order valence-corrected chi connectivity index (χ4v) is 3.55. The van der Waals surface area contributed by atoms with Gasteiger partial charge in [0.2, 0.25) is 0 Å². The van der Waals surface area contributed by atoms with Crippen LogP contribution in [0.3, 0.4) is 0 Å². The average molecular weight is 441 g/mol. The summed E-state index contributed by atoms with van der Waals surface area (Å²) in [5, 5.41) is 7.29. The third kappa shape index (κ3) is 4.65. The molecule has 0 saturated carbocycles. The number of hydrogen-bond donors (Lipinski definition) is 2. The minimum atomic E-state index is -0.258. The van der Waals surface area contributed by atoms with Gasteiger partial charge in [0.1, 0.15) is 11.6 Å². The third-order valence-corrected chi connectivity index (χ3v) is 5.31. The van der Waals surface area contributed by atoms with Crippen LogP contribution in [0, 0.1) is 5.82 Å². The Bertz CT molecular complexity index is 801. The second-order valence-electron chi connectivity index (χ2n) is 6.05. The Kier molecular flexibility index (Phi) is 6.32. The summed E-state index contributed by atoms with van der Waals surface area (Å²) >= 11 is 9.67. The largest absolute Gasteiger partial charge is 0.353 e. The van der Waals surface area contributed by atoms with E-state index in [0.717, 1.165) is 35.4 Å². The molecule has 1 atom stereocenters. The molecule has 1 aliphatic rings. The topological polar surface area (TPSA) is 52.6 Å². The van der Waals surface area contributed by atoms with Crippen molar-refractivity contribution < 1.29 is 4.39 Å². The number of pyridine rings is 1. The highest BCUT2D eigenvalue weighted by Crippen LogP contribution is 2.25. The summed E-state index contributed by atoms with van der Waals surface area (Å²) in [4.78, 5) is 10.8. The maximum Gasteiger partial charge on any atom is 0.191 e. The number of hydrogen-bond acceptors (Lipinski definition) is 3. The van der Waals surface area contributed by atoms with Crippen molar-refractivity contribution in [3.05, 3.63) is 57.4 Å². The summed E-state index contributed by atoms with van der Waals surface area (Å²) in [6.45, 7) is 2.14. The van der Waals surface area contributed by atoms with Gasteiger partial charge in [-0.05, 0) is 42.3 Å². The lowest BCUT2D eigenvalue weighted by Crippen LogP contribution is -2.44. The maximum absolute atomic E-state index is 13.4. The molecule has 5 nitrogen and oxygen atoms in total. The standard InChI is InChI=1S/C18H20BrClFN5/c1-22-18(24-10-12-9-13(21)4-5-15(12)19)25-14-6-8-26(11-14)17-16(20)3-2-7-23-17/h2-5,7,9,14H,6,8,10-11H2,1H3,(H2,22,24,25). The molecule has 1 unspecified atom stereocenters. The summed E-state index contributed by atoms with van der Waals surface area (Å²) in [6, 6.07) is 8.54. The molecule has 0 bridgehead atoms. The number of anilines is 1. The van der Waals surface area contributed by atoms with Crippen LogP contribution in [0.15, 0.2) is 46.0 Å². The van der Waals surface area contributed by atoms with Crippen LogP contribution in [-0.2, 0) is 6.54 Å². The first-order valence-corrected chi connectivity index (χ1v) is 9.50. The molecule has 2 N–H and O–H groups in total. The van der Waals surface area contributed by atoms with Crippen molar-refractivity contribution >= 4 is 39.3 Å². The molecule has 138 valence electrons. The highest BCUT2D eigenvalue weighted by molar-refractivity contribution is 9.10. The molecule has 26 heavy (non-hydrogen) atoms. The molecule has 0 amide bonds. The first-order chi connectivity index (χ1) is 12.6. The van der Waals surface area contributed by atoms with E-state index in [1.54, 1.807) is 19.3 Å². The molecule has 1 aromatic heterocycles. The molecule has 0 aliphatic carbocycles. The quantitative estimate of drug-likeness (QED) is 0.564. The summed E-state index contributed by atoms with van der Waals surface area (Å²) in [5.74, 6) is 1.23. The van der Waals surface area contributed by atoms with E-state index in [2.05, 4.69) is 41.4 Å². The van der Waals surface area contributed by atoms with Gasteiger partial charge in [0.05, 0.1) is 5.02 Å². The molecule has 3 rings (SSSR count). The molecule has 0 radical (unpaired) electrons. The number of guanidine groups is 1. The van der Waals surface area contributed by atoms with Gasteiger partial charge >= 0.3 is 0 Å². The van der Waals surface area contributed by atoms with Crippen LogP contribution >= 0.6 is 27.5 Å². The second-order valence-corrected chi connectivity index (χ2v) is 7.31. The lowest BCUT2D eigenvalue weighted by molar-refractivity contribution is 0.622. The molecular formula is C18H20BrClFN5. The van der Waals surface area contributed by atoms with Crippen LogP contribution in [0.25, 0.3) is 0 Å². The SMILES string of the molecule is CN=C(NCc1cc(F)ccc1Br)NC1CCN(c2ncccc2Cl)C1. The number of nitrogens with zero attached hydrogens (tertiary/aromatic N) is 3. The molecule has 2 heterocycles. The van der Waals surface area contributed by atoms with Crippen molar-refractivity contribution in [2.45, 2.75) is 19.0 Å². The fraction of sp³-hybridized carbons (Fsp3) is 0.333. The van der Waals surface area contributed by atoms with Gasteiger partial charge in [0.15, 0.2) is 5.96 Å². The Morgan fingerprint density at radius 2 is 2.31 bits per heavy atom. The normalized spacial score (nSPS) is 17.5. The van der Waals surface area contributed by atoms with Crippen molar-refractivity contribution in [3.63, 3.8) is 0 Å². The summed E-state index contributed by atoms with van der Waals surface area (Å²) in [7, 11) is 1.72. The van der Waals surface area contributed by atoms with Crippen molar-refractivity contribution in [3.8, 4) is 0 Å². The number of halogens is 3. The zero-order valence-electron chi connectivity index (χ0n) is 14.3. The van der Waals surface area contributed by atoms with Crippen LogP contribution in [0.4, 0.5) is 10.2 Å². The van der Waals surface area contributed by atoms with E-state index in [-0.39, 0.29) is 11.9 Å². The Balaban J connectivity index is 1.56. The van der Waals surface area contributed by atoms with Gasteiger partial charge in [-0.2, -0.15) is 0 Å². The molecule has 1 saturated heterocycles. The Labute approximate surface area is 165 Å². The van der Waals surface area contributed by atoms with E-state index in [4.69, 9.17) is 11.6 Å². The monoisotopic (exact) mass is 439 g/mol. The van der Waals surface area contributed by atoms with Crippen LogP contribution < -0.4 is 15.5 Å². The van der Waals surface area contributed by atoms with Gasteiger partial charge in [-0.1, -0.05) is 27.5 Å². The molecule has 1 fully saturated rings. The third-order valence-electron chi connectivity index (χ3n) is 4.25. The van der Waals surface area contributed by atoms with Crippen LogP contribution in [0.5, 0.6) is 0 Å². The van der Waals surface area contributed by atoms with E-state index in [9.17, 15) is 4.39 Å². The Morgan fingerprint density at radius 3 is 3.08 bits per heavy atom. The van der Waals surface area contributed by atoms with Gasteiger partial charge in [-0.3, -0.25) is 4.99 Å². The summed E-state index contributed by atoms with van der Waals surface area (Å²) in [6.07, 6.45) is 2.70. The number of rotatable bonds is 4. The molecule has 1 aliphatic heterocycles. The molecule has 2 aromatic rings. The van der Waals surface area contributed by atoms with E-state index in [0.29, 0.717) is 17.5 Å². The highest BCUT2D eigenvalue weighted by Gasteiger charge is 2.25. The fourth-order valence-electron chi connectivity index (χ4n) is 2.93. The maximum atomic E-state index is 13.4. The molecule has 8 heteroatoms. The minimum absolute atomic E-state index is 0.232. The smallest absolute Gasteiger partial charge is 0.191 e. The predicted molar refractivity (Wildman–Crippen MR) is 107 cm³/mol. The number of nitrogens with one attached hydrogen (secondary N) is 2. The van der Waals surface area contributed by atoms with Gasteiger partial charge < -0.3 is 15.5 Å². The average Bonchev–Trinajstić information content (AvgIpc) is 3.10. The first-order valence-electron chi connectivity index (χ1n) is 8.33. The summed E-state index contributed by atoms with van der Waals surface area (Å²) in [5.41, 5.74) is 0.835. The van der Waals surface area contributed by atoms with E-state index >= 15 is 0 Å². The van der Waals surface area contributed by atoms with E-state index < -0.39 is 0 Å². The lowest BCUT2D eigenvalue weighted by Gasteiger charge is -2.20. The van der Waals surface area contributed by atoms with Gasteiger partial charge in [0, 0.05) is 43.4 Å². The van der Waals surface area contributed by atoms with Crippen LogP contribution in [-0.4, -0.2) is 37.1 Å². The highest BCUT2D eigenvalue weighted by atomic mass is 79.9. The minimum Gasteiger partial charge on any atom is -0.353 e. The van der Waals surface area contributed by atoms with Crippen LogP contribution in [0.2, 0.25) is 5.02 Å². The second kappa shape index (κ2) is 8.68. The van der Waals surface area contributed by atoms with Gasteiger partial charge in [-0.25, -0.2) is 9.37 Å². The van der Waals surface area contributed by atoms with Crippen molar-refractivity contribution in [1.29, 1.82) is 0 Å². The molecule has 1 aromatic carbocycles. The van der Waals surface area contributed by atoms with Crippen LogP contribution in [0.1, 0.15) is 12.0 Å². The Hall–Kier alpha value is -1.86. The summed E-state index contributed by atoms with van der Waals surface area (Å²) < 4.78 is 14.3. The zero-order valence-corrected chi connectivity index (χ0v) is 16.7. The van der Waals surface area contributed by atoms with E-state index in [1.807, 2.05) is 12.1 Å². The van der Waals surface area contributed by atoms with Crippen molar-refractivity contribution in [2.75, 3.05) is 25.0 Å². The predicted octanol–water partition coefficient (Wildman–Crippen LogP) is 3.58. The van der Waals surface area contributed by atoms with Gasteiger partial charge in [-0.15, -0.1) is 0 Å². The first kappa shape index (κ1) is 18.9. The molecule has 0 spiro atoms. The van der Waals surface area contributed by atoms with Crippen molar-refractivity contribution in [2.24, 2.45) is 4.99 Å². The zero-order chi connectivity index (χ0) is 18.5. The lowest BCUT2D eigenvalue weighted by atomic mass is 10.2. The van der Waals surface area contributed by atoms with Gasteiger partial charge in [0.25, 0.3) is 0 Å². The van der Waals surface area contributed by atoms with E-state index in [1.165, 1.54) is 12.1 Å². The number of aromatic nitrogens is 1. The molecular weight excluding hydrogens is 421 g/mol. The van der Waals surface area contributed by atoms with Crippen molar-refractivity contribution in [1.82, 2.24) is 15.6 Å². The number of benzene rings is 1.